The van der Waals surface area contributed by atoms with E-state index in [1.165, 1.54) is 0 Å². The molecule has 0 bridgehead atoms. The van der Waals surface area contributed by atoms with Crippen LogP contribution in [0.4, 0.5) is 4.79 Å². The molecule has 0 aromatic carbocycles. The summed E-state index contributed by atoms with van der Waals surface area (Å²) >= 11 is 0. The lowest BCUT2D eigenvalue weighted by Gasteiger charge is -2.28. The Bertz CT molecular complexity index is 253. The van der Waals surface area contributed by atoms with Crippen molar-refractivity contribution < 1.29 is 9.53 Å². The van der Waals surface area contributed by atoms with Crippen molar-refractivity contribution in [2.75, 3.05) is 6.54 Å². The molecule has 1 amide bonds. The monoisotopic (exact) mass is 211 g/mol. The van der Waals surface area contributed by atoms with E-state index in [9.17, 15) is 4.79 Å². The molecule has 15 heavy (non-hydrogen) atoms. The third kappa shape index (κ3) is 3.94. The van der Waals surface area contributed by atoms with Crippen molar-refractivity contribution in [3.05, 3.63) is 12.3 Å². The molecule has 0 saturated heterocycles. The minimum absolute atomic E-state index is 0.242. The second-order valence-corrected chi connectivity index (χ2v) is 4.97. The van der Waals surface area contributed by atoms with E-state index in [0.29, 0.717) is 5.92 Å². The summed E-state index contributed by atoms with van der Waals surface area (Å²) in [6.07, 6.45) is 5.87. The fraction of sp³-hybridized carbons (Fsp3) is 0.750. The number of nitrogens with zero attached hydrogens (tertiary/aromatic N) is 1. The van der Waals surface area contributed by atoms with E-state index in [4.69, 9.17) is 4.74 Å². The first-order valence-electron chi connectivity index (χ1n) is 5.60. The van der Waals surface area contributed by atoms with Crippen molar-refractivity contribution in [3.63, 3.8) is 0 Å². The zero-order valence-corrected chi connectivity index (χ0v) is 10.1. The number of hydrogen-bond donors (Lipinski definition) is 0. The van der Waals surface area contributed by atoms with Crippen LogP contribution in [0.5, 0.6) is 0 Å². The molecule has 0 radical (unpaired) electrons. The molecule has 0 aromatic rings. The van der Waals surface area contributed by atoms with Crippen molar-refractivity contribution in [3.8, 4) is 0 Å². The summed E-state index contributed by atoms with van der Waals surface area (Å²) in [5.74, 6) is 0.615. The Balaban J connectivity index is 2.49. The molecule has 1 atom stereocenters. The van der Waals surface area contributed by atoms with Crippen LogP contribution in [0.15, 0.2) is 12.3 Å². The van der Waals surface area contributed by atoms with Crippen LogP contribution in [0.25, 0.3) is 0 Å². The van der Waals surface area contributed by atoms with E-state index in [1.807, 2.05) is 27.0 Å². The Hall–Kier alpha value is -0.990. The van der Waals surface area contributed by atoms with Crippen LogP contribution in [0.3, 0.4) is 0 Å². The fourth-order valence-electron chi connectivity index (χ4n) is 1.51. The Labute approximate surface area is 92.1 Å². The van der Waals surface area contributed by atoms with Crippen LogP contribution in [-0.2, 0) is 4.74 Å². The van der Waals surface area contributed by atoms with E-state index >= 15 is 0 Å². The molecule has 0 saturated carbocycles. The molecule has 3 heteroatoms. The van der Waals surface area contributed by atoms with Crippen LogP contribution >= 0.6 is 0 Å². The zero-order valence-electron chi connectivity index (χ0n) is 10.1. The van der Waals surface area contributed by atoms with Gasteiger partial charge in [-0.25, -0.2) is 4.79 Å². The van der Waals surface area contributed by atoms with Crippen LogP contribution < -0.4 is 0 Å². The average molecular weight is 211 g/mol. The van der Waals surface area contributed by atoms with E-state index in [1.54, 1.807) is 4.90 Å². The number of amides is 1. The van der Waals surface area contributed by atoms with Gasteiger partial charge in [0.25, 0.3) is 0 Å². The van der Waals surface area contributed by atoms with Gasteiger partial charge in [-0.3, -0.25) is 4.90 Å². The van der Waals surface area contributed by atoms with Crippen molar-refractivity contribution in [2.45, 2.75) is 46.1 Å². The zero-order chi connectivity index (χ0) is 11.5. The molecule has 0 aromatic heterocycles. The Morgan fingerprint density at radius 2 is 2.20 bits per heavy atom. The Kier molecular flexibility index (Phi) is 3.77. The highest BCUT2D eigenvalue weighted by atomic mass is 16.6. The highest BCUT2D eigenvalue weighted by Gasteiger charge is 2.22. The first kappa shape index (κ1) is 12.1. The predicted octanol–water partition coefficient (Wildman–Crippen LogP) is 3.17. The maximum absolute atomic E-state index is 11.7. The van der Waals surface area contributed by atoms with Crippen LogP contribution in [0.2, 0.25) is 0 Å². The number of carbonyl (C=O) groups is 1. The van der Waals surface area contributed by atoms with Gasteiger partial charge in [-0.05, 0) is 39.5 Å². The van der Waals surface area contributed by atoms with Gasteiger partial charge in [-0.2, -0.15) is 0 Å². The van der Waals surface area contributed by atoms with Gasteiger partial charge in [0.15, 0.2) is 0 Å². The maximum Gasteiger partial charge on any atom is 0.414 e. The van der Waals surface area contributed by atoms with Gasteiger partial charge in [0.1, 0.15) is 5.60 Å². The molecule has 1 unspecified atom stereocenters. The second-order valence-electron chi connectivity index (χ2n) is 4.97. The van der Waals surface area contributed by atoms with Crippen molar-refractivity contribution in [1.29, 1.82) is 0 Å². The smallest absolute Gasteiger partial charge is 0.414 e. The van der Waals surface area contributed by atoms with Crippen molar-refractivity contribution in [1.82, 2.24) is 4.90 Å². The third-order valence-electron chi connectivity index (χ3n) is 2.43. The second kappa shape index (κ2) is 4.69. The summed E-state index contributed by atoms with van der Waals surface area (Å²) in [5.41, 5.74) is -0.410. The first-order chi connectivity index (χ1) is 6.92. The highest BCUT2D eigenvalue weighted by Crippen LogP contribution is 2.18. The number of hydrogen-bond acceptors (Lipinski definition) is 2. The molecule has 1 rings (SSSR count). The van der Waals surface area contributed by atoms with E-state index in [-0.39, 0.29) is 6.09 Å². The Morgan fingerprint density at radius 3 is 2.60 bits per heavy atom. The average Bonchev–Trinajstić information content (AvgIpc) is 2.15. The Morgan fingerprint density at radius 1 is 1.53 bits per heavy atom. The number of carbonyl (C=O) groups excluding carboxylic acids is 1. The minimum Gasteiger partial charge on any atom is -0.443 e. The van der Waals surface area contributed by atoms with Gasteiger partial charge in [0, 0.05) is 12.7 Å². The van der Waals surface area contributed by atoms with Gasteiger partial charge < -0.3 is 4.74 Å². The van der Waals surface area contributed by atoms with E-state index in [0.717, 1.165) is 19.4 Å². The van der Waals surface area contributed by atoms with Crippen LogP contribution in [0, 0.1) is 5.92 Å². The summed E-state index contributed by atoms with van der Waals surface area (Å²) < 4.78 is 5.28. The van der Waals surface area contributed by atoms with Crippen LogP contribution in [0.1, 0.15) is 40.5 Å². The molecule has 0 fully saturated rings. The lowest BCUT2D eigenvalue weighted by Crippen LogP contribution is -2.36. The lowest BCUT2D eigenvalue weighted by atomic mass is 10.00. The third-order valence-corrected chi connectivity index (χ3v) is 2.43. The molecule has 1 heterocycles. The standard InChI is InChI=1S/C12H21NO2/c1-5-10-6-8-13(9-7-10)11(14)15-12(2,3)4/h6,8,10H,5,7,9H2,1-4H3. The van der Waals surface area contributed by atoms with Gasteiger partial charge >= 0.3 is 6.09 Å². The topological polar surface area (TPSA) is 29.5 Å². The van der Waals surface area contributed by atoms with Gasteiger partial charge in [0.05, 0.1) is 0 Å². The van der Waals surface area contributed by atoms with Crippen LogP contribution in [-0.4, -0.2) is 23.1 Å². The molecule has 1 aliphatic heterocycles. The fourth-order valence-corrected chi connectivity index (χ4v) is 1.51. The summed E-state index contributed by atoms with van der Waals surface area (Å²) in [7, 11) is 0. The predicted molar refractivity (Wildman–Crippen MR) is 60.5 cm³/mol. The van der Waals surface area contributed by atoms with Gasteiger partial charge in [-0.1, -0.05) is 13.0 Å². The van der Waals surface area contributed by atoms with E-state index in [2.05, 4.69) is 13.0 Å². The normalized spacial score (nSPS) is 21.6. The first-order valence-corrected chi connectivity index (χ1v) is 5.60. The molecule has 3 nitrogen and oxygen atoms in total. The summed E-state index contributed by atoms with van der Waals surface area (Å²) in [6.45, 7) is 8.58. The molecule has 0 aliphatic carbocycles. The number of rotatable bonds is 1. The number of allylic oxidation sites excluding steroid dienone is 1. The van der Waals surface area contributed by atoms with Crippen molar-refractivity contribution in [2.24, 2.45) is 5.92 Å². The summed E-state index contributed by atoms with van der Waals surface area (Å²) in [5, 5.41) is 0. The highest BCUT2D eigenvalue weighted by molar-refractivity contribution is 5.69. The van der Waals surface area contributed by atoms with E-state index < -0.39 is 5.60 Å². The van der Waals surface area contributed by atoms with Gasteiger partial charge in [-0.15, -0.1) is 0 Å². The lowest BCUT2D eigenvalue weighted by molar-refractivity contribution is 0.0319. The quantitative estimate of drug-likeness (QED) is 0.666. The largest absolute Gasteiger partial charge is 0.443 e. The SMILES string of the molecule is CCC1C=CN(C(=O)OC(C)(C)C)CC1. The van der Waals surface area contributed by atoms with Crippen molar-refractivity contribution >= 4 is 6.09 Å². The summed E-state index contributed by atoms with van der Waals surface area (Å²) in [4.78, 5) is 13.3. The molecule has 0 N–H and O–H groups in total. The molecular formula is C12H21NO2. The summed E-state index contributed by atoms with van der Waals surface area (Å²) in [6, 6.07) is 0. The molecule has 86 valence electrons. The molecule has 0 spiro atoms. The maximum atomic E-state index is 11.7. The number of ether oxygens (including phenoxy) is 1. The van der Waals surface area contributed by atoms with Gasteiger partial charge in [0.2, 0.25) is 0 Å². The molecule has 1 aliphatic rings. The minimum atomic E-state index is -0.410. The molecular weight excluding hydrogens is 190 g/mol.